The Morgan fingerprint density at radius 2 is 1.82 bits per heavy atom. The third-order valence-electron chi connectivity index (χ3n) is 4.29. The van der Waals surface area contributed by atoms with Crippen LogP contribution in [0.1, 0.15) is 69.5 Å². The van der Waals surface area contributed by atoms with Crippen molar-refractivity contribution in [2.24, 2.45) is 0 Å². The van der Waals surface area contributed by atoms with Gasteiger partial charge in [-0.15, -0.1) is 0 Å². The Bertz CT molecular complexity index is 787. The maximum absolute atomic E-state index is 12.6. The van der Waals surface area contributed by atoms with E-state index >= 15 is 0 Å². The Hall–Kier alpha value is -2.56. The molecule has 0 fully saturated rings. The minimum atomic E-state index is -0.445. The molecular weight excluding hydrogens is 354 g/mol. The first kappa shape index (κ1) is 21.7. The Morgan fingerprint density at radius 1 is 1.14 bits per heavy atom. The van der Waals surface area contributed by atoms with E-state index in [2.05, 4.69) is 5.32 Å². The molecule has 5 nitrogen and oxygen atoms in total. The maximum atomic E-state index is 12.6. The molecule has 1 aromatic heterocycles. The average Bonchev–Trinajstić information content (AvgIpc) is 3.00. The lowest BCUT2D eigenvalue weighted by atomic mass is 10.1. The minimum absolute atomic E-state index is 0.0145. The van der Waals surface area contributed by atoms with E-state index in [1.54, 1.807) is 13.0 Å². The third-order valence-corrected chi connectivity index (χ3v) is 4.29. The molecule has 0 aliphatic rings. The molecule has 1 N–H and O–H groups in total. The predicted octanol–water partition coefficient (Wildman–Crippen LogP) is 5.28. The fourth-order valence-electron chi connectivity index (χ4n) is 2.94. The van der Waals surface area contributed by atoms with Crippen molar-refractivity contribution in [1.29, 1.82) is 0 Å². The molecule has 2 rings (SSSR count). The monoisotopic (exact) mass is 385 g/mol. The van der Waals surface area contributed by atoms with Crippen LogP contribution in [0.15, 0.2) is 40.8 Å². The lowest BCUT2D eigenvalue weighted by Crippen LogP contribution is -2.32. The second-order valence-electron chi connectivity index (χ2n) is 8.15. The van der Waals surface area contributed by atoms with Crippen LogP contribution in [-0.2, 0) is 9.53 Å². The highest BCUT2D eigenvalue weighted by Crippen LogP contribution is 2.25. The van der Waals surface area contributed by atoms with Crippen molar-refractivity contribution in [3.05, 3.63) is 47.7 Å². The highest BCUT2D eigenvalue weighted by molar-refractivity contribution is 5.96. The molecule has 1 amide bonds. The van der Waals surface area contributed by atoms with Gasteiger partial charge in [0.05, 0.1) is 5.56 Å². The van der Waals surface area contributed by atoms with Crippen LogP contribution in [-0.4, -0.2) is 23.5 Å². The third kappa shape index (κ3) is 6.87. The quantitative estimate of drug-likeness (QED) is 0.496. The molecule has 1 heterocycles. The maximum Gasteiger partial charge on any atom is 0.306 e. The van der Waals surface area contributed by atoms with Gasteiger partial charge in [-0.2, -0.15) is 0 Å². The van der Waals surface area contributed by atoms with E-state index in [0.29, 0.717) is 23.5 Å². The molecule has 1 atom stereocenters. The van der Waals surface area contributed by atoms with E-state index in [9.17, 15) is 9.59 Å². The summed E-state index contributed by atoms with van der Waals surface area (Å²) in [5.41, 5.74) is 1.05. The molecule has 1 unspecified atom stereocenters. The van der Waals surface area contributed by atoms with Crippen molar-refractivity contribution in [3.8, 4) is 11.3 Å². The number of benzene rings is 1. The van der Waals surface area contributed by atoms with Crippen LogP contribution in [0, 0.1) is 6.92 Å². The van der Waals surface area contributed by atoms with Gasteiger partial charge in [0.15, 0.2) is 0 Å². The van der Waals surface area contributed by atoms with Gasteiger partial charge in [0, 0.05) is 18.0 Å². The molecule has 0 bridgehead atoms. The first-order valence-corrected chi connectivity index (χ1v) is 9.84. The summed E-state index contributed by atoms with van der Waals surface area (Å²) < 4.78 is 11.1. The van der Waals surface area contributed by atoms with Crippen LogP contribution < -0.4 is 5.32 Å². The van der Waals surface area contributed by atoms with Crippen LogP contribution >= 0.6 is 0 Å². The number of hydrogen-bond acceptors (Lipinski definition) is 4. The molecule has 152 valence electrons. The van der Waals surface area contributed by atoms with Gasteiger partial charge in [-0.1, -0.05) is 36.8 Å². The molecule has 0 saturated carbocycles. The first-order valence-electron chi connectivity index (χ1n) is 9.84. The molecule has 1 aromatic carbocycles. The van der Waals surface area contributed by atoms with E-state index in [1.165, 1.54) is 0 Å². The molecule has 0 radical (unpaired) electrons. The van der Waals surface area contributed by atoms with E-state index in [-0.39, 0.29) is 17.9 Å². The number of carbonyl (C=O) groups is 2. The first-order chi connectivity index (χ1) is 13.2. The van der Waals surface area contributed by atoms with Crippen LogP contribution in [0.5, 0.6) is 0 Å². The van der Waals surface area contributed by atoms with Crippen molar-refractivity contribution in [1.82, 2.24) is 5.32 Å². The number of aryl methyl sites for hydroxylation is 1. The topological polar surface area (TPSA) is 68.5 Å². The number of ether oxygens (including phenoxy) is 1. The molecule has 28 heavy (non-hydrogen) atoms. The summed E-state index contributed by atoms with van der Waals surface area (Å²) in [6.07, 6.45) is 2.80. The zero-order valence-corrected chi connectivity index (χ0v) is 17.5. The number of unbranched alkanes of at least 4 members (excludes halogenated alkanes) is 1. The number of nitrogens with one attached hydrogen (secondary N) is 1. The fourth-order valence-corrected chi connectivity index (χ4v) is 2.94. The summed E-state index contributed by atoms with van der Waals surface area (Å²) in [7, 11) is 0. The number of carbonyl (C=O) groups excluding carboxylic acids is 2. The fraction of sp³-hybridized carbons (Fsp3) is 0.478. The molecule has 2 aromatic rings. The van der Waals surface area contributed by atoms with Gasteiger partial charge in [-0.25, -0.2) is 0 Å². The largest absolute Gasteiger partial charge is 0.461 e. The van der Waals surface area contributed by atoms with Gasteiger partial charge in [-0.05, 0) is 53.5 Å². The normalized spacial score (nSPS) is 12.5. The number of amides is 1. The molecule has 5 heteroatoms. The summed E-state index contributed by atoms with van der Waals surface area (Å²) in [5, 5.41) is 3.01. The van der Waals surface area contributed by atoms with Crippen molar-refractivity contribution >= 4 is 11.9 Å². The van der Waals surface area contributed by atoms with Crippen molar-refractivity contribution in [2.45, 2.75) is 71.9 Å². The standard InChI is InChI=1S/C23H31NO4/c1-16(11-9-10-14-21(25)28-23(3,4)5)24-22(26)19-15-20(27-17(19)2)18-12-7-6-8-13-18/h6-8,12-13,15-16H,9-11,14H2,1-5H3,(H,24,26). The average molecular weight is 386 g/mol. The summed E-state index contributed by atoms with van der Waals surface area (Å²) in [5.74, 6) is 0.983. The van der Waals surface area contributed by atoms with Gasteiger partial charge in [0.2, 0.25) is 0 Å². The van der Waals surface area contributed by atoms with E-state index in [1.807, 2.05) is 58.0 Å². The van der Waals surface area contributed by atoms with Crippen LogP contribution in [0.3, 0.4) is 0 Å². The van der Waals surface area contributed by atoms with Crippen LogP contribution in [0.4, 0.5) is 0 Å². The molecule has 0 aliphatic carbocycles. The Balaban J connectivity index is 1.80. The second kappa shape index (κ2) is 9.58. The zero-order valence-electron chi connectivity index (χ0n) is 17.5. The lowest BCUT2D eigenvalue weighted by Gasteiger charge is -2.19. The van der Waals surface area contributed by atoms with E-state index < -0.39 is 5.60 Å². The SMILES string of the molecule is Cc1oc(-c2ccccc2)cc1C(=O)NC(C)CCCCC(=O)OC(C)(C)C. The van der Waals surface area contributed by atoms with E-state index in [0.717, 1.165) is 24.8 Å². The van der Waals surface area contributed by atoms with Crippen LogP contribution in [0.25, 0.3) is 11.3 Å². The Kier molecular flexibility index (Phi) is 7.44. The molecule has 0 saturated heterocycles. The molecular formula is C23H31NO4. The Morgan fingerprint density at radius 3 is 2.46 bits per heavy atom. The van der Waals surface area contributed by atoms with Gasteiger partial charge in [-0.3, -0.25) is 9.59 Å². The summed E-state index contributed by atoms with van der Waals surface area (Å²) in [6, 6.07) is 11.5. The highest BCUT2D eigenvalue weighted by Gasteiger charge is 2.18. The summed E-state index contributed by atoms with van der Waals surface area (Å²) in [6.45, 7) is 9.36. The number of rotatable bonds is 8. The van der Waals surface area contributed by atoms with Gasteiger partial charge in [0.1, 0.15) is 17.1 Å². The lowest BCUT2D eigenvalue weighted by molar-refractivity contribution is -0.154. The smallest absolute Gasteiger partial charge is 0.306 e. The van der Waals surface area contributed by atoms with Gasteiger partial charge < -0.3 is 14.5 Å². The second-order valence-corrected chi connectivity index (χ2v) is 8.15. The summed E-state index contributed by atoms with van der Waals surface area (Å²) in [4.78, 5) is 24.3. The number of hydrogen-bond donors (Lipinski definition) is 1. The van der Waals surface area contributed by atoms with Crippen molar-refractivity contribution in [3.63, 3.8) is 0 Å². The summed E-state index contributed by atoms with van der Waals surface area (Å²) >= 11 is 0. The van der Waals surface area contributed by atoms with Gasteiger partial charge >= 0.3 is 5.97 Å². The zero-order chi connectivity index (χ0) is 20.7. The predicted molar refractivity (Wildman–Crippen MR) is 110 cm³/mol. The minimum Gasteiger partial charge on any atom is -0.461 e. The van der Waals surface area contributed by atoms with Crippen molar-refractivity contribution < 1.29 is 18.7 Å². The number of furan rings is 1. The van der Waals surface area contributed by atoms with E-state index in [4.69, 9.17) is 9.15 Å². The Labute approximate surface area is 167 Å². The van der Waals surface area contributed by atoms with Crippen LogP contribution in [0.2, 0.25) is 0 Å². The van der Waals surface area contributed by atoms with Gasteiger partial charge in [0.25, 0.3) is 5.91 Å². The highest BCUT2D eigenvalue weighted by atomic mass is 16.6. The molecule has 0 spiro atoms. The molecule has 0 aliphatic heterocycles. The number of esters is 1. The van der Waals surface area contributed by atoms with Crippen molar-refractivity contribution in [2.75, 3.05) is 0 Å².